The lowest BCUT2D eigenvalue weighted by molar-refractivity contribution is -0.140. The molecule has 0 bridgehead atoms. The minimum atomic E-state index is -0.203. The van der Waals surface area contributed by atoms with Gasteiger partial charge in [0.15, 0.2) is 0 Å². The number of nitrogens with one attached hydrogen (secondary N) is 1. The van der Waals surface area contributed by atoms with E-state index in [4.69, 9.17) is 9.47 Å². The number of ether oxygens (including phenoxy) is 2. The van der Waals surface area contributed by atoms with Crippen molar-refractivity contribution in [2.75, 3.05) is 7.11 Å². The topological polar surface area (TPSA) is 51.3 Å². The highest BCUT2D eigenvalue weighted by Gasteiger charge is 2.13. The van der Waals surface area contributed by atoms with Gasteiger partial charge in [-0.2, -0.15) is 0 Å². The molecule has 2 aromatic carbocycles. The fraction of sp³-hybridized carbons (Fsp3) is 0.250. The van der Waals surface area contributed by atoms with Crippen LogP contribution in [-0.4, -0.2) is 18.1 Å². The van der Waals surface area contributed by atoms with Gasteiger partial charge in [-0.3, -0.25) is 4.79 Å². The van der Waals surface area contributed by atoms with Crippen LogP contribution in [0.1, 0.15) is 23.2 Å². The number of aryl methyl sites for hydroxylation is 2. The van der Waals surface area contributed by atoms with Crippen LogP contribution in [0.3, 0.4) is 0 Å². The summed E-state index contributed by atoms with van der Waals surface area (Å²) in [5.74, 6) is 0.629. The Morgan fingerprint density at radius 3 is 2.58 bits per heavy atom. The highest BCUT2D eigenvalue weighted by molar-refractivity contribution is 5.85. The number of fused-ring (bicyclic) bond motifs is 1. The normalized spacial score (nSPS) is 10.8. The number of aromatic amines is 1. The maximum atomic E-state index is 11.5. The molecule has 1 heterocycles. The molecule has 0 amide bonds. The fourth-order valence-corrected chi connectivity index (χ4v) is 2.78. The van der Waals surface area contributed by atoms with E-state index < -0.39 is 0 Å². The van der Waals surface area contributed by atoms with Crippen LogP contribution in [0.2, 0.25) is 0 Å². The van der Waals surface area contributed by atoms with Gasteiger partial charge in [-0.25, -0.2) is 0 Å². The molecule has 0 atom stereocenters. The molecule has 0 aliphatic rings. The Morgan fingerprint density at radius 1 is 1.08 bits per heavy atom. The number of aromatic nitrogens is 1. The Hall–Kier alpha value is -2.75. The molecule has 0 aliphatic carbocycles. The smallest absolute Gasteiger partial charge is 0.305 e. The fourth-order valence-electron chi connectivity index (χ4n) is 2.78. The SMILES string of the molecule is COC(=O)CCc1c(COc2ccc(C)cc2)[nH]c2ccccc12. The van der Waals surface area contributed by atoms with Gasteiger partial charge in [0.1, 0.15) is 12.4 Å². The van der Waals surface area contributed by atoms with Crippen LogP contribution in [0.15, 0.2) is 48.5 Å². The number of carbonyl (C=O) groups excluding carboxylic acids is 1. The summed E-state index contributed by atoms with van der Waals surface area (Å²) in [5.41, 5.74) is 4.37. The van der Waals surface area contributed by atoms with Gasteiger partial charge in [-0.15, -0.1) is 0 Å². The van der Waals surface area contributed by atoms with E-state index in [1.54, 1.807) is 0 Å². The molecular weight excluding hydrogens is 302 g/mol. The third-order valence-electron chi connectivity index (χ3n) is 4.11. The van der Waals surface area contributed by atoms with Gasteiger partial charge in [0.05, 0.1) is 12.8 Å². The number of rotatable bonds is 6. The summed E-state index contributed by atoms with van der Waals surface area (Å²) in [7, 11) is 1.42. The summed E-state index contributed by atoms with van der Waals surface area (Å²) in [6, 6.07) is 16.1. The number of hydrogen-bond donors (Lipinski definition) is 1. The van der Waals surface area contributed by atoms with Crippen molar-refractivity contribution in [1.29, 1.82) is 0 Å². The van der Waals surface area contributed by atoms with Crippen molar-refractivity contribution in [2.45, 2.75) is 26.4 Å². The molecular formula is C20H21NO3. The first-order valence-electron chi connectivity index (χ1n) is 8.02. The monoisotopic (exact) mass is 323 g/mol. The van der Waals surface area contributed by atoms with Gasteiger partial charge in [-0.1, -0.05) is 35.9 Å². The molecule has 1 aromatic heterocycles. The average Bonchev–Trinajstić information content (AvgIpc) is 2.96. The second kappa shape index (κ2) is 7.21. The lowest BCUT2D eigenvalue weighted by Gasteiger charge is -2.08. The molecule has 0 saturated carbocycles. The standard InChI is InChI=1S/C20H21NO3/c1-14-7-9-15(10-8-14)24-13-19-17(11-12-20(22)23-2)16-5-3-4-6-18(16)21-19/h3-10,21H,11-13H2,1-2H3. The van der Waals surface area contributed by atoms with Gasteiger partial charge < -0.3 is 14.5 Å². The van der Waals surface area contributed by atoms with Crippen molar-refractivity contribution in [1.82, 2.24) is 4.98 Å². The van der Waals surface area contributed by atoms with E-state index in [2.05, 4.69) is 11.1 Å². The number of para-hydroxylation sites is 1. The number of methoxy groups -OCH3 is 1. The summed E-state index contributed by atoms with van der Waals surface area (Å²) in [6.45, 7) is 2.49. The molecule has 0 saturated heterocycles. The van der Waals surface area contributed by atoms with E-state index in [0.717, 1.165) is 27.9 Å². The Labute approximate surface area is 141 Å². The second-order valence-corrected chi connectivity index (χ2v) is 5.81. The predicted molar refractivity (Wildman–Crippen MR) is 94.1 cm³/mol. The predicted octanol–water partition coefficient (Wildman–Crippen LogP) is 4.16. The summed E-state index contributed by atoms with van der Waals surface area (Å²) in [6.07, 6.45) is 0.985. The first-order chi connectivity index (χ1) is 11.7. The van der Waals surface area contributed by atoms with E-state index >= 15 is 0 Å². The highest BCUT2D eigenvalue weighted by Crippen LogP contribution is 2.25. The zero-order chi connectivity index (χ0) is 16.9. The quantitative estimate of drug-likeness (QED) is 0.693. The summed E-state index contributed by atoms with van der Waals surface area (Å²) in [5, 5.41) is 1.13. The van der Waals surface area contributed by atoms with Crippen LogP contribution in [0.25, 0.3) is 10.9 Å². The maximum Gasteiger partial charge on any atom is 0.305 e. The Kier molecular flexibility index (Phi) is 4.85. The number of carbonyl (C=O) groups is 1. The molecule has 1 N–H and O–H groups in total. The van der Waals surface area contributed by atoms with E-state index in [1.165, 1.54) is 12.7 Å². The van der Waals surface area contributed by atoms with E-state index in [-0.39, 0.29) is 5.97 Å². The first-order valence-corrected chi connectivity index (χ1v) is 8.02. The third-order valence-corrected chi connectivity index (χ3v) is 4.11. The largest absolute Gasteiger partial charge is 0.487 e. The Balaban J connectivity index is 1.82. The molecule has 4 heteroatoms. The summed E-state index contributed by atoms with van der Waals surface area (Å²) >= 11 is 0. The molecule has 4 nitrogen and oxygen atoms in total. The highest BCUT2D eigenvalue weighted by atomic mass is 16.5. The molecule has 3 aromatic rings. The van der Waals surface area contributed by atoms with Crippen molar-refractivity contribution >= 4 is 16.9 Å². The molecule has 0 spiro atoms. The van der Waals surface area contributed by atoms with Crippen LogP contribution in [0, 0.1) is 6.92 Å². The first kappa shape index (κ1) is 16.1. The molecule has 0 aliphatic heterocycles. The molecule has 0 fully saturated rings. The molecule has 124 valence electrons. The third kappa shape index (κ3) is 3.59. The van der Waals surface area contributed by atoms with Crippen molar-refractivity contribution in [2.24, 2.45) is 0 Å². The van der Waals surface area contributed by atoms with Crippen molar-refractivity contribution in [3.63, 3.8) is 0 Å². The number of hydrogen-bond acceptors (Lipinski definition) is 3. The number of H-pyrrole nitrogens is 1. The van der Waals surface area contributed by atoms with Gasteiger partial charge in [0.2, 0.25) is 0 Å². The van der Waals surface area contributed by atoms with E-state index in [9.17, 15) is 4.79 Å². The van der Waals surface area contributed by atoms with Gasteiger partial charge in [-0.05, 0) is 37.1 Å². The molecule has 24 heavy (non-hydrogen) atoms. The zero-order valence-electron chi connectivity index (χ0n) is 14.0. The van der Waals surface area contributed by atoms with Crippen molar-refractivity contribution < 1.29 is 14.3 Å². The molecule has 0 unspecified atom stereocenters. The maximum absolute atomic E-state index is 11.5. The van der Waals surface area contributed by atoms with Gasteiger partial charge in [0, 0.05) is 17.3 Å². The summed E-state index contributed by atoms with van der Waals surface area (Å²) < 4.78 is 10.7. The van der Waals surface area contributed by atoms with E-state index in [1.807, 2.05) is 49.4 Å². The molecule has 0 radical (unpaired) electrons. The lowest BCUT2D eigenvalue weighted by atomic mass is 10.1. The summed E-state index contributed by atoms with van der Waals surface area (Å²) in [4.78, 5) is 14.9. The van der Waals surface area contributed by atoms with Gasteiger partial charge in [0.25, 0.3) is 0 Å². The zero-order valence-corrected chi connectivity index (χ0v) is 14.0. The van der Waals surface area contributed by atoms with Crippen molar-refractivity contribution in [3.05, 3.63) is 65.4 Å². The van der Waals surface area contributed by atoms with Crippen LogP contribution in [-0.2, 0) is 22.6 Å². The second-order valence-electron chi connectivity index (χ2n) is 5.81. The van der Waals surface area contributed by atoms with Crippen LogP contribution in [0.4, 0.5) is 0 Å². The lowest BCUT2D eigenvalue weighted by Crippen LogP contribution is -2.04. The van der Waals surface area contributed by atoms with E-state index in [0.29, 0.717) is 19.4 Å². The average molecular weight is 323 g/mol. The Bertz CT molecular complexity index is 834. The van der Waals surface area contributed by atoms with Crippen LogP contribution < -0.4 is 4.74 Å². The Morgan fingerprint density at radius 2 is 1.83 bits per heavy atom. The van der Waals surface area contributed by atoms with Crippen LogP contribution >= 0.6 is 0 Å². The number of esters is 1. The van der Waals surface area contributed by atoms with Crippen molar-refractivity contribution in [3.8, 4) is 5.75 Å². The number of benzene rings is 2. The van der Waals surface area contributed by atoms with Crippen LogP contribution in [0.5, 0.6) is 5.75 Å². The van der Waals surface area contributed by atoms with Gasteiger partial charge >= 0.3 is 5.97 Å². The minimum absolute atomic E-state index is 0.203. The minimum Gasteiger partial charge on any atom is -0.487 e. The molecule has 3 rings (SSSR count).